The summed E-state index contributed by atoms with van der Waals surface area (Å²) in [5.41, 5.74) is -2.90. The SMILES string of the molecule is Cc1cc(S(F)(F)(F)(F)F)cc2c1O[C@H](C(F)(F)F)C(C(=O)OCON=[N+]([O-])N(C)CCO)=C2. The number of esters is 1. The zero-order chi connectivity index (χ0) is 26.2. The Balaban J connectivity index is 2.36. The fourth-order valence-corrected chi connectivity index (χ4v) is 3.37. The number of benzene rings is 1. The topological polar surface area (TPSA) is 107 Å². The van der Waals surface area contributed by atoms with Crippen LogP contribution in [-0.4, -0.2) is 60.3 Å². The first-order chi connectivity index (χ1) is 15.2. The lowest BCUT2D eigenvalue weighted by molar-refractivity contribution is -0.706. The van der Waals surface area contributed by atoms with Crippen molar-refractivity contribution in [2.45, 2.75) is 24.1 Å². The number of carbonyl (C=O) groups is 1. The fraction of sp³-hybridized carbons (Fsp3) is 0.438. The molecule has 0 spiro atoms. The lowest BCUT2D eigenvalue weighted by Gasteiger charge is -2.41. The number of ether oxygens (including phenoxy) is 2. The number of carbonyl (C=O) groups excluding carboxylic acids is 1. The normalized spacial score (nSPS) is 18.6. The molecule has 9 nitrogen and oxygen atoms in total. The maximum absolute atomic E-state index is 13.4. The number of alkyl halides is 3. The van der Waals surface area contributed by atoms with Crippen LogP contribution in [0.4, 0.5) is 32.6 Å². The number of fused-ring (bicyclic) bond motifs is 1. The largest absolute Gasteiger partial charge is 0.569 e. The van der Waals surface area contributed by atoms with Crippen molar-refractivity contribution in [1.29, 1.82) is 0 Å². The van der Waals surface area contributed by atoms with E-state index in [2.05, 4.69) is 19.6 Å². The quantitative estimate of drug-likeness (QED) is 0.0995. The molecule has 0 aliphatic carbocycles. The summed E-state index contributed by atoms with van der Waals surface area (Å²) in [5, 5.41) is 23.7. The van der Waals surface area contributed by atoms with E-state index in [0.717, 1.165) is 11.9 Å². The Kier molecular flexibility index (Phi) is 6.67. The Morgan fingerprint density at radius 3 is 2.44 bits per heavy atom. The monoisotopic (exact) mass is 531 g/mol. The van der Waals surface area contributed by atoms with Gasteiger partial charge in [-0.2, -0.15) is 13.2 Å². The van der Waals surface area contributed by atoms with E-state index >= 15 is 0 Å². The minimum absolute atomic E-state index is 0.0528. The molecule has 0 radical (unpaired) electrons. The van der Waals surface area contributed by atoms with Gasteiger partial charge in [-0.15, -0.1) is 5.01 Å². The molecule has 1 N–H and O–H groups in total. The van der Waals surface area contributed by atoms with E-state index in [9.17, 15) is 42.6 Å². The highest BCUT2D eigenvalue weighted by Crippen LogP contribution is 3.02. The van der Waals surface area contributed by atoms with E-state index in [-0.39, 0.29) is 29.7 Å². The predicted octanol–water partition coefficient (Wildman–Crippen LogP) is 4.59. The summed E-state index contributed by atoms with van der Waals surface area (Å²) in [5.74, 6) is -2.58. The standard InChI is InChI=1S/C16H17F8N3O6S/c1-9-5-11(34(20,21,22,23)24)6-10-7-12(14(16(17,18)19)33-13(9)10)15(29)31-8-32-25-27(30)26(2)3-4-28/h5-7,14,28H,3-4,8H2,1-2H3/t14-/m0/s1. The van der Waals surface area contributed by atoms with Crippen molar-refractivity contribution in [3.8, 4) is 5.75 Å². The van der Waals surface area contributed by atoms with Gasteiger partial charge in [0.2, 0.25) is 11.4 Å². The van der Waals surface area contributed by atoms with Crippen molar-refractivity contribution in [3.63, 3.8) is 0 Å². The third kappa shape index (κ3) is 6.52. The van der Waals surface area contributed by atoms with Crippen molar-refractivity contribution >= 4 is 22.3 Å². The van der Waals surface area contributed by atoms with Crippen molar-refractivity contribution < 1.29 is 61.8 Å². The van der Waals surface area contributed by atoms with Gasteiger partial charge in [0.15, 0.2) is 0 Å². The molecule has 0 saturated carbocycles. The number of aliphatic hydroxyl groups excluding tert-OH is 1. The van der Waals surface area contributed by atoms with Crippen LogP contribution < -0.4 is 4.74 Å². The van der Waals surface area contributed by atoms with E-state index in [1.807, 2.05) is 0 Å². The molecular formula is C16H17F8N3O6S. The van der Waals surface area contributed by atoms with Crippen LogP contribution in [0.25, 0.3) is 6.08 Å². The number of aryl methyl sites for hydroxylation is 1. The van der Waals surface area contributed by atoms with E-state index in [0.29, 0.717) is 0 Å². The number of hydrogen-bond donors (Lipinski definition) is 1. The summed E-state index contributed by atoms with van der Waals surface area (Å²) in [6.07, 6.45) is -7.97. The molecule has 0 fully saturated rings. The van der Waals surface area contributed by atoms with E-state index in [4.69, 9.17) is 5.11 Å². The molecule has 0 unspecified atom stereocenters. The molecule has 1 aromatic rings. The highest BCUT2D eigenvalue weighted by atomic mass is 32.5. The fourth-order valence-electron chi connectivity index (χ4n) is 2.62. The molecule has 1 heterocycles. The van der Waals surface area contributed by atoms with Gasteiger partial charge in [0.1, 0.15) is 10.6 Å². The lowest BCUT2D eigenvalue weighted by atomic mass is 9.99. The van der Waals surface area contributed by atoms with Gasteiger partial charge in [-0.3, -0.25) is 0 Å². The zero-order valence-electron chi connectivity index (χ0n) is 17.2. The minimum Gasteiger partial charge on any atom is -0.569 e. The van der Waals surface area contributed by atoms with Gasteiger partial charge in [0.05, 0.1) is 30.7 Å². The van der Waals surface area contributed by atoms with Crippen molar-refractivity contribution in [1.82, 2.24) is 5.01 Å². The molecule has 0 bridgehead atoms. The lowest BCUT2D eigenvalue weighted by Crippen LogP contribution is -2.41. The maximum atomic E-state index is 13.4. The number of hydrogen-bond acceptors (Lipinski definition) is 7. The van der Waals surface area contributed by atoms with Crippen molar-refractivity contribution in [2.24, 2.45) is 5.28 Å². The Morgan fingerprint density at radius 1 is 1.29 bits per heavy atom. The molecule has 194 valence electrons. The van der Waals surface area contributed by atoms with E-state index < -0.39 is 69.2 Å². The molecule has 18 heteroatoms. The third-order valence-electron chi connectivity index (χ3n) is 4.17. The first-order valence-electron chi connectivity index (χ1n) is 8.87. The summed E-state index contributed by atoms with van der Waals surface area (Å²) >= 11 is 0. The Bertz CT molecular complexity index is 1030. The summed E-state index contributed by atoms with van der Waals surface area (Å²) in [6.45, 7) is -0.983. The first kappa shape index (κ1) is 27.2. The van der Waals surface area contributed by atoms with Gasteiger partial charge in [-0.1, -0.05) is 19.4 Å². The maximum Gasteiger partial charge on any atom is 0.430 e. The molecular weight excluding hydrogens is 514 g/mol. The summed E-state index contributed by atoms with van der Waals surface area (Å²) in [4.78, 5) is 13.9. The highest BCUT2D eigenvalue weighted by molar-refractivity contribution is 8.45. The zero-order valence-corrected chi connectivity index (χ0v) is 18.0. The number of likely N-dealkylation sites (N-methyl/N-ethyl adjacent to an activating group) is 1. The van der Waals surface area contributed by atoms with Crippen LogP contribution in [0.3, 0.4) is 0 Å². The molecule has 1 atom stereocenters. The second-order valence-corrected chi connectivity index (χ2v) is 9.29. The van der Waals surface area contributed by atoms with Gasteiger partial charge < -0.3 is 24.6 Å². The molecule has 1 aromatic carbocycles. The van der Waals surface area contributed by atoms with Crippen LogP contribution in [0.2, 0.25) is 0 Å². The molecule has 34 heavy (non-hydrogen) atoms. The molecule has 0 amide bonds. The summed E-state index contributed by atoms with van der Waals surface area (Å²) in [6, 6.07) is -0.190. The average Bonchev–Trinajstić information content (AvgIpc) is 2.67. The number of rotatable bonds is 8. The summed E-state index contributed by atoms with van der Waals surface area (Å²) < 4.78 is 115. The van der Waals surface area contributed by atoms with E-state index in [1.54, 1.807) is 0 Å². The van der Waals surface area contributed by atoms with E-state index in [1.165, 1.54) is 7.05 Å². The van der Waals surface area contributed by atoms with Crippen LogP contribution in [0, 0.1) is 12.1 Å². The van der Waals surface area contributed by atoms with Crippen LogP contribution in [0.1, 0.15) is 11.1 Å². The van der Waals surface area contributed by atoms with Crippen molar-refractivity contribution in [3.05, 3.63) is 34.0 Å². The number of hydrazine groups is 1. The number of aliphatic hydroxyl groups is 1. The molecule has 0 aromatic heterocycles. The number of nitrogens with zero attached hydrogens (tertiary/aromatic N) is 3. The third-order valence-corrected chi connectivity index (χ3v) is 5.30. The van der Waals surface area contributed by atoms with Crippen LogP contribution in [0.15, 0.2) is 27.9 Å². The highest BCUT2D eigenvalue weighted by Gasteiger charge is 2.65. The minimum atomic E-state index is -10.2. The second kappa shape index (κ2) is 8.33. The van der Waals surface area contributed by atoms with Gasteiger partial charge in [0, 0.05) is 5.56 Å². The molecule has 0 saturated heterocycles. The smallest absolute Gasteiger partial charge is 0.430 e. The van der Waals surface area contributed by atoms with Gasteiger partial charge >= 0.3 is 22.4 Å². The average molecular weight is 531 g/mol. The second-order valence-electron chi connectivity index (χ2n) is 6.88. The molecule has 1 aliphatic rings. The number of halogens is 8. The van der Waals surface area contributed by atoms with Gasteiger partial charge in [-0.05, 0) is 30.7 Å². The Hall–Kier alpha value is -3.02. The van der Waals surface area contributed by atoms with Crippen LogP contribution >= 0.6 is 10.2 Å². The van der Waals surface area contributed by atoms with Gasteiger partial charge in [-0.25, -0.2) is 4.79 Å². The predicted molar refractivity (Wildman–Crippen MR) is 98.8 cm³/mol. The summed E-state index contributed by atoms with van der Waals surface area (Å²) in [7, 11) is -9.03. The Labute approximate surface area is 186 Å². The van der Waals surface area contributed by atoms with Crippen molar-refractivity contribution in [2.75, 3.05) is 27.0 Å². The van der Waals surface area contributed by atoms with Crippen LogP contribution in [0.5, 0.6) is 5.75 Å². The van der Waals surface area contributed by atoms with Gasteiger partial charge in [0.25, 0.3) is 6.79 Å². The Morgan fingerprint density at radius 2 is 1.91 bits per heavy atom. The van der Waals surface area contributed by atoms with Crippen LogP contribution in [-0.2, 0) is 14.4 Å². The first-order valence-corrected chi connectivity index (χ1v) is 10.8. The molecule has 1 aliphatic heterocycles. The molecule has 2 rings (SSSR count).